The lowest BCUT2D eigenvalue weighted by Crippen LogP contribution is -2.63. The van der Waals surface area contributed by atoms with E-state index in [1.54, 1.807) is 0 Å². The van der Waals surface area contributed by atoms with Crippen LogP contribution >= 0.6 is 0 Å². The lowest BCUT2D eigenvalue weighted by molar-refractivity contribution is -0.224. The molecule has 74 valence electrons. The summed E-state index contributed by atoms with van der Waals surface area (Å²) in [5, 5.41) is 20.4. The summed E-state index contributed by atoms with van der Waals surface area (Å²) in [6.45, 7) is 0. The summed E-state index contributed by atoms with van der Waals surface area (Å²) < 4.78 is 0. The molecule has 4 bridgehead atoms. The molecule has 0 saturated heterocycles. The Morgan fingerprint density at radius 1 is 1.08 bits per heavy atom. The van der Waals surface area contributed by atoms with Crippen LogP contribution in [-0.2, 0) is 0 Å². The molecular formula is C11H18O2. The molecular weight excluding hydrogens is 164 g/mol. The first-order valence-electron chi connectivity index (χ1n) is 5.62. The first-order chi connectivity index (χ1) is 6.22. The minimum atomic E-state index is -0.690. The highest BCUT2D eigenvalue weighted by Gasteiger charge is 2.58. The summed E-state index contributed by atoms with van der Waals surface area (Å²) in [5.41, 5.74) is -0.690. The van der Waals surface area contributed by atoms with Gasteiger partial charge in [-0.15, -0.1) is 0 Å². The molecule has 4 aliphatic rings. The molecule has 0 aliphatic heterocycles. The van der Waals surface area contributed by atoms with Crippen molar-refractivity contribution in [1.29, 1.82) is 0 Å². The molecule has 0 spiro atoms. The maximum atomic E-state index is 10.4. The fourth-order valence-electron chi connectivity index (χ4n) is 4.17. The summed E-state index contributed by atoms with van der Waals surface area (Å²) in [6.07, 6.45) is 6.30. The summed E-state index contributed by atoms with van der Waals surface area (Å²) in [6, 6.07) is 0. The van der Waals surface area contributed by atoms with Crippen LogP contribution in [0.2, 0.25) is 0 Å². The predicted octanol–water partition coefficient (Wildman–Crippen LogP) is 1.31. The summed E-state index contributed by atoms with van der Waals surface area (Å²) >= 11 is 0. The van der Waals surface area contributed by atoms with E-state index >= 15 is 0 Å². The number of hydrogen-bond donors (Lipinski definition) is 2. The Balaban J connectivity index is 1.99. The first-order valence-corrected chi connectivity index (χ1v) is 5.62. The van der Waals surface area contributed by atoms with Crippen LogP contribution < -0.4 is 0 Å². The first kappa shape index (κ1) is 8.25. The molecule has 13 heavy (non-hydrogen) atoms. The summed E-state index contributed by atoms with van der Waals surface area (Å²) in [5.74, 6) is 1.54. The Labute approximate surface area is 79.0 Å². The highest BCUT2D eigenvalue weighted by atomic mass is 16.3. The third-order valence-electron chi connectivity index (χ3n) is 4.78. The molecule has 4 aliphatic carbocycles. The van der Waals surface area contributed by atoms with Crippen LogP contribution in [0, 0.1) is 17.8 Å². The Morgan fingerprint density at radius 3 is 2.69 bits per heavy atom. The second-order valence-electron chi connectivity index (χ2n) is 5.27. The molecule has 4 fully saturated rings. The predicted molar refractivity (Wildman–Crippen MR) is 49.1 cm³/mol. The SMILES string of the molecule is O[C@H]1[C@H]2CC[C@@H]3[C@@H](CCC[C@@]31O)C2. The third kappa shape index (κ3) is 0.909. The number of rotatable bonds is 0. The van der Waals surface area contributed by atoms with Crippen molar-refractivity contribution in [3.05, 3.63) is 0 Å². The number of aliphatic hydroxyl groups is 2. The maximum absolute atomic E-state index is 10.4. The highest BCUT2D eigenvalue weighted by Crippen LogP contribution is 2.56. The van der Waals surface area contributed by atoms with Gasteiger partial charge < -0.3 is 10.2 Å². The van der Waals surface area contributed by atoms with E-state index in [1.807, 2.05) is 0 Å². The Bertz CT molecular complexity index is 226. The number of hydrogen-bond acceptors (Lipinski definition) is 2. The van der Waals surface area contributed by atoms with Crippen LogP contribution in [0.1, 0.15) is 38.5 Å². The maximum Gasteiger partial charge on any atom is 0.0938 e. The quantitative estimate of drug-likeness (QED) is 0.593. The molecule has 2 N–H and O–H groups in total. The summed E-state index contributed by atoms with van der Waals surface area (Å²) in [4.78, 5) is 0. The monoisotopic (exact) mass is 182 g/mol. The van der Waals surface area contributed by atoms with E-state index in [4.69, 9.17) is 0 Å². The van der Waals surface area contributed by atoms with E-state index in [2.05, 4.69) is 0 Å². The van der Waals surface area contributed by atoms with Gasteiger partial charge in [0, 0.05) is 0 Å². The zero-order valence-corrected chi connectivity index (χ0v) is 7.95. The Morgan fingerprint density at radius 2 is 1.92 bits per heavy atom. The normalized spacial score (nSPS) is 59.5. The zero-order valence-electron chi connectivity index (χ0n) is 7.95. The van der Waals surface area contributed by atoms with Gasteiger partial charge in [-0.1, -0.05) is 6.42 Å². The van der Waals surface area contributed by atoms with Gasteiger partial charge in [0.05, 0.1) is 11.7 Å². The van der Waals surface area contributed by atoms with Crippen LogP contribution in [0.15, 0.2) is 0 Å². The Hall–Kier alpha value is -0.0800. The van der Waals surface area contributed by atoms with E-state index in [9.17, 15) is 10.2 Å². The minimum Gasteiger partial charge on any atom is -0.390 e. The second kappa shape index (κ2) is 2.48. The fraction of sp³-hybridized carbons (Fsp3) is 1.00. The van der Waals surface area contributed by atoms with Gasteiger partial charge in [0.15, 0.2) is 0 Å². The summed E-state index contributed by atoms with van der Waals surface area (Å²) in [7, 11) is 0. The average Bonchev–Trinajstić information content (AvgIpc) is 2.14. The van der Waals surface area contributed by atoms with E-state index in [0.717, 1.165) is 31.6 Å². The van der Waals surface area contributed by atoms with Crippen LogP contribution in [0.3, 0.4) is 0 Å². The zero-order chi connectivity index (χ0) is 9.05. The lowest BCUT2D eigenvalue weighted by atomic mass is 9.51. The smallest absolute Gasteiger partial charge is 0.0938 e. The van der Waals surface area contributed by atoms with Crippen molar-refractivity contribution < 1.29 is 10.2 Å². The topological polar surface area (TPSA) is 40.5 Å². The van der Waals surface area contributed by atoms with Crippen molar-refractivity contribution in [3.8, 4) is 0 Å². The largest absolute Gasteiger partial charge is 0.390 e. The van der Waals surface area contributed by atoms with Crippen LogP contribution in [0.25, 0.3) is 0 Å². The van der Waals surface area contributed by atoms with Gasteiger partial charge in [0.25, 0.3) is 0 Å². The van der Waals surface area contributed by atoms with E-state index in [-0.39, 0.29) is 0 Å². The third-order valence-corrected chi connectivity index (χ3v) is 4.78. The van der Waals surface area contributed by atoms with Gasteiger partial charge >= 0.3 is 0 Å². The molecule has 0 unspecified atom stereocenters. The molecule has 0 amide bonds. The molecule has 0 aromatic heterocycles. The average molecular weight is 182 g/mol. The highest BCUT2D eigenvalue weighted by molar-refractivity contribution is 5.08. The van der Waals surface area contributed by atoms with Gasteiger partial charge in [0.2, 0.25) is 0 Å². The molecule has 0 aromatic rings. The molecule has 2 heteroatoms. The molecule has 0 aromatic carbocycles. The molecule has 4 saturated carbocycles. The second-order valence-corrected chi connectivity index (χ2v) is 5.27. The molecule has 5 atom stereocenters. The molecule has 0 heterocycles. The fourth-order valence-corrected chi connectivity index (χ4v) is 4.17. The standard InChI is InChI=1S/C11H18O2/c12-10-8-3-4-9-7(6-8)2-1-5-11(9,10)13/h7-10,12-13H,1-6H2/t7-,8-,9+,10-,11+/m0/s1. The van der Waals surface area contributed by atoms with Crippen molar-refractivity contribution in [1.82, 2.24) is 0 Å². The molecule has 0 radical (unpaired) electrons. The van der Waals surface area contributed by atoms with Crippen molar-refractivity contribution >= 4 is 0 Å². The molecule has 4 rings (SSSR count). The molecule has 2 nitrogen and oxygen atoms in total. The van der Waals surface area contributed by atoms with Crippen molar-refractivity contribution in [3.63, 3.8) is 0 Å². The Kier molecular flexibility index (Phi) is 1.58. The van der Waals surface area contributed by atoms with E-state index in [1.165, 1.54) is 12.8 Å². The van der Waals surface area contributed by atoms with Crippen LogP contribution in [0.4, 0.5) is 0 Å². The van der Waals surface area contributed by atoms with E-state index < -0.39 is 11.7 Å². The van der Waals surface area contributed by atoms with Crippen molar-refractivity contribution in [2.24, 2.45) is 17.8 Å². The minimum absolute atomic E-state index is 0.403. The lowest BCUT2D eigenvalue weighted by Gasteiger charge is -2.58. The van der Waals surface area contributed by atoms with Crippen LogP contribution in [-0.4, -0.2) is 21.9 Å². The number of fused-ring (bicyclic) bond motifs is 1. The van der Waals surface area contributed by atoms with Crippen molar-refractivity contribution in [2.45, 2.75) is 50.2 Å². The van der Waals surface area contributed by atoms with Gasteiger partial charge in [-0.2, -0.15) is 0 Å². The number of aliphatic hydroxyl groups excluding tert-OH is 1. The van der Waals surface area contributed by atoms with Gasteiger partial charge in [-0.25, -0.2) is 0 Å². The van der Waals surface area contributed by atoms with Gasteiger partial charge in [0.1, 0.15) is 0 Å². The van der Waals surface area contributed by atoms with Crippen LogP contribution in [0.5, 0.6) is 0 Å². The van der Waals surface area contributed by atoms with E-state index in [0.29, 0.717) is 11.8 Å². The van der Waals surface area contributed by atoms with Gasteiger partial charge in [-0.05, 0) is 49.9 Å². The van der Waals surface area contributed by atoms with Crippen molar-refractivity contribution in [2.75, 3.05) is 0 Å². The van der Waals surface area contributed by atoms with Gasteiger partial charge in [-0.3, -0.25) is 0 Å².